The van der Waals surface area contributed by atoms with Crippen molar-refractivity contribution >= 4 is 11.3 Å². The molecule has 1 heterocycles. The number of rotatable bonds is 5. The molecule has 0 aliphatic carbocycles. The molecule has 1 aromatic carbocycles. The van der Waals surface area contributed by atoms with Gasteiger partial charge in [-0.15, -0.1) is 11.3 Å². The van der Waals surface area contributed by atoms with Crippen LogP contribution in [0.4, 0.5) is 0 Å². The fourth-order valence-corrected chi connectivity index (χ4v) is 2.61. The molecule has 1 aromatic heterocycles. The molecule has 0 unspecified atom stereocenters. The molecular weight excluding hydrogens is 232 g/mol. The van der Waals surface area contributed by atoms with Gasteiger partial charge in [-0.3, -0.25) is 0 Å². The van der Waals surface area contributed by atoms with Crippen molar-refractivity contribution in [2.45, 2.75) is 13.0 Å². The number of hydrogen-bond donors (Lipinski definition) is 1. The van der Waals surface area contributed by atoms with Gasteiger partial charge in [-0.25, -0.2) is 4.98 Å². The summed E-state index contributed by atoms with van der Waals surface area (Å²) in [6.07, 6.45) is 2.81. The highest BCUT2D eigenvalue weighted by Gasteiger charge is 2.03. The first-order chi connectivity index (χ1) is 8.31. The molecule has 0 fully saturated rings. The lowest BCUT2D eigenvalue weighted by Gasteiger charge is -2.02. The Kier molecular flexibility index (Phi) is 4.12. The predicted octanol–water partition coefficient (Wildman–Crippen LogP) is 2.46. The molecule has 0 bridgehead atoms. The zero-order chi connectivity index (χ0) is 12.1. The summed E-state index contributed by atoms with van der Waals surface area (Å²) in [5.41, 5.74) is 1.23. The molecule has 0 aliphatic heterocycles. The SMILES string of the molecule is CNCc1cnc(Cc2cccc(OC)c2)s1. The third kappa shape index (κ3) is 3.28. The lowest BCUT2D eigenvalue weighted by atomic mass is 10.1. The molecule has 1 N–H and O–H groups in total. The standard InChI is InChI=1S/C13H16N2OS/c1-14-8-12-9-15-13(17-12)7-10-4-3-5-11(6-10)16-2/h3-6,9,14H,7-8H2,1-2H3. The van der Waals surface area contributed by atoms with Gasteiger partial charge in [-0.05, 0) is 24.7 Å². The van der Waals surface area contributed by atoms with Crippen molar-refractivity contribution in [2.24, 2.45) is 0 Å². The molecule has 90 valence electrons. The second kappa shape index (κ2) is 5.80. The third-order valence-electron chi connectivity index (χ3n) is 2.44. The maximum Gasteiger partial charge on any atom is 0.119 e. The van der Waals surface area contributed by atoms with Gasteiger partial charge in [0.15, 0.2) is 0 Å². The van der Waals surface area contributed by atoms with Crippen LogP contribution in [0.2, 0.25) is 0 Å². The maximum absolute atomic E-state index is 5.21. The van der Waals surface area contributed by atoms with Crippen molar-refractivity contribution in [1.29, 1.82) is 0 Å². The lowest BCUT2D eigenvalue weighted by Crippen LogP contribution is -2.02. The normalized spacial score (nSPS) is 10.5. The number of thiazole rings is 1. The zero-order valence-corrected chi connectivity index (χ0v) is 10.9. The lowest BCUT2D eigenvalue weighted by molar-refractivity contribution is 0.414. The average molecular weight is 248 g/mol. The Bertz CT molecular complexity index is 482. The van der Waals surface area contributed by atoms with Gasteiger partial charge in [-0.1, -0.05) is 12.1 Å². The molecule has 4 heteroatoms. The largest absolute Gasteiger partial charge is 0.497 e. The van der Waals surface area contributed by atoms with E-state index in [2.05, 4.69) is 22.4 Å². The highest BCUT2D eigenvalue weighted by molar-refractivity contribution is 7.11. The van der Waals surface area contributed by atoms with Crippen molar-refractivity contribution in [3.8, 4) is 5.75 Å². The molecule has 0 spiro atoms. The van der Waals surface area contributed by atoms with Crippen molar-refractivity contribution < 1.29 is 4.74 Å². The molecule has 3 nitrogen and oxygen atoms in total. The Hall–Kier alpha value is -1.39. The van der Waals surface area contributed by atoms with Gasteiger partial charge in [0.1, 0.15) is 5.75 Å². The van der Waals surface area contributed by atoms with E-state index in [1.807, 2.05) is 25.4 Å². The van der Waals surface area contributed by atoms with E-state index in [4.69, 9.17) is 4.74 Å². The number of aromatic nitrogens is 1. The first kappa shape index (κ1) is 12.1. The topological polar surface area (TPSA) is 34.2 Å². The summed E-state index contributed by atoms with van der Waals surface area (Å²) in [5.74, 6) is 0.898. The summed E-state index contributed by atoms with van der Waals surface area (Å²) in [4.78, 5) is 5.69. The Morgan fingerprint density at radius 1 is 1.41 bits per heavy atom. The van der Waals surface area contributed by atoms with Gasteiger partial charge in [0.05, 0.1) is 12.1 Å². The Morgan fingerprint density at radius 3 is 3.06 bits per heavy atom. The van der Waals surface area contributed by atoms with Gasteiger partial charge in [0.25, 0.3) is 0 Å². The Balaban J connectivity index is 2.08. The van der Waals surface area contributed by atoms with Crippen molar-refractivity contribution in [2.75, 3.05) is 14.2 Å². The maximum atomic E-state index is 5.21. The number of ether oxygens (including phenoxy) is 1. The van der Waals surface area contributed by atoms with Crippen molar-refractivity contribution in [3.63, 3.8) is 0 Å². The van der Waals surface area contributed by atoms with Crippen LogP contribution in [0.15, 0.2) is 30.5 Å². The van der Waals surface area contributed by atoms with Crippen LogP contribution in [0.25, 0.3) is 0 Å². The van der Waals surface area contributed by atoms with E-state index in [-0.39, 0.29) is 0 Å². The van der Waals surface area contributed by atoms with E-state index < -0.39 is 0 Å². The fourth-order valence-electron chi connectivity index (χ4n) is 1.64. The van der Waals surface area contributed by atoms with E-state index in [1.165, 1.54) is 10.4 Å². The molecule has 0 aliphatic rings. The highest BCUT2D eigenvalue weighted by atomic mass is 32.1. The molecule has 2 rings (SSSR count). The van der Waals surface area contributed by atoms with Gasteiger partial charge in [-0.2, -0.15) is 0 Å². The van der Waals surface area contributed by atoms with E-state index in [0.717, 1.165) is 23.7 Å². The second-order valence-corrected chi connectivity index (χ2v) is 4.98. The number of hydrogen-bond acceptors (Lipinski definition) is 4. The van der Waals surface area contributed by atoms with Crippen LogP contribution in [0.5, 0.6) is 5.75 Å². The fraction of sp³-hybridized carbons (Fsp3) is 0.308. The van der Waals surface area contributed by atoms with Crippen molar-refractivity contribution in [3.05, 3.63) is 45.9 Å². The van der Waals surface area contributed by atoms with Crippen LogP contribution >= 0.6 is 11.3 Å². The van der Waals surface area contributed by atoms with Gasteiger partial charge >= 0.3 is 0 Å². The van der Waals surface area contributed by atoms with Gasteiger partial charge < -0.3 is 10.1 Å². The molecular formula is C13H16N2OS. The Labute approximate surface area is 105 Å². The molecule has 0 saturated heterocycles. The minimum absolute atomic E-state index is 0.867. The minimum Gasteiger partial charge on any atom is -0.497 e. The molecule has 2 aromatic rings. The van der Waals surface area contributed by atoms with Crippen molar-refractivity contribution in [1.82, 2.24) is 10.3 Å². The van der Waals surface area contributed by atoms with Crippen LogP contribution in [0, 0.1) is 0 Å². The zero-order valence-electron chi connectivity index (χ0n) is 10.1. The number of benzene rings is 1. The molecule has 0 amide bonds. The summed E-state index contributed by atoms with van der Waals surface area (Å²) in [5, 5.41) is 4.27. The van der Waals surface area contributed by atoms with Crippen LogP contribution in [0.3, 0.4) is 0 Å². The average Bonchev–Trinajstić information content (AvgIpc) is 2.77. The number of nitrogens with zero attached hydrogens (tertiary/aromatic N) is 1. The molecule has 0 atom stereocenters. The summed E-state index contributed by atoms with van der Waals surface area (Å²) in [7, 11) is 3.63. The van der Waals surface area contributed by atoms with Crippen LogP contribution in [-0.2, 0) is 13.0 Å². The minimum atomic E-state index is 0.867. The van der Waals surface area contributed by atoms with Crippen LogP contribution in [0.1, 0.15) is 15.4 Å². The van der Waals surface area contributed by atoms with E-state index in [0.29, 0.717) is 0 Å². The molecule has 0 radical (unpaired) electrons. The van der Waals surface area contributed by atoms with Crippen LogP contribution < -0.4 is 10.1 Å². The quantitative estimate of drug-likeness (QED) is 0.882. The van der Waals surface area contributed by atoms with E-state index >= 15 is 0 Å². The van der Waals surface area contributed by atoms with Gasteiger partial charge in [0, 0.05) is 24.0 Å². The van der Waals surface area contributed by atoms with E-state index in [1.54, 1.807) is 18.4 Å². The first-order valence-electron chi connectivity index (χ1n) is 5.53. The molecule has 0 saturated carbocycles. The number of methoxy groups -OCH3 is 1. The third-order valence-corrected chi connectivity index (χ3v) is 3.44. The highest BCUT2D eigenvalue weighted by Crippen LogP contribution is 2.19. The van der Waals surface area contributed by atoms with E-state index in [9.17, 15) is 0 Å². The monoisotopic (exact) mass is 248 g/mol. The number of nitrogens with one attached hydrogen (secondary N) is 1. The van der Waals surface area contributed by atoms with Crippen LogP contribution in [-0.4, -0.2) is 19.1 Å². The molecule has 17 heavy (non-hydrogen) atoms. The predicted molar refractivity (Wildman–Crippen MR) is 70.7 cm³/mol. The summed E-state index contributed by atoms with van der Waals surface area (Å²) < 4.78 is 5.21. The summed E-state index contributed by atoms with van der Waals surface area (Å²) in [6.45, 7) is 0.885. The first-order valence-corrected chi connectivity index (χ1v) is 6.34. The Morgan fingerprint density at radius 2 is 2.29 bits per heavy atom. The summed E-state index contributed by atoms with van der Waals surface area (Å²) in [6, 6.07) is 8.12. The summed E-state index contributed by atoms with van der Waals surface area (Å²) >= 11 is 1.75. The second-order valence-electron chi connectivity index (χ2n) is 3.78. The smallest absolute Gasteiger partial charge is 0.119 e. The van der Waals surface area contributed by atoms with Gasteiger partial charge in [0.2, 0.25) is 0 Å².